The molecule has 5 heteroatoms. The monoisotopic (exact) mass is 257 g/mol. The van der Waals surface area contributed by atoms with E-state index in [1.807, 2.05) is 24.3 Å². The molecule has 0 radical (unpaired) electrons. The molecule has 5 nitrogen and oxygen atoms in total. The van der Waals surface area contributed by atoms with E-state index in [2.05, 4.69) is 15.6 Å². The molecular weight excluding hydrogens is 242 g/mol. The Kier molecular flexibility index (Phi) is 4.34. The van der Waals surface area contributed by atoms with E-state index in [4.69, 9.17) is 4.74 Å². The van der Waals surface area contributed by atoms with Crippen molar-refractivity contribution < 1.29 is 9.53 Å². The first-order chi connectivity index (χ1) is 9.28. The Morgan fingerprint density at radius 2 is 2.21 bits per heavy atom. The molecule has 0 saturated carbocycles. The SMILES string of the molecule is COc1cccc(CNC(=O)Nc2cccnc2)c1. The minimum Gasteiger partial charge on any atom is -0.497 e. The molecule has 0 bridgehead atoms. The number of carbonyl (C=O) groups excluding carboxylic acids is 1. The van der Waals surface area contributed by atoms with Crippen LogP contribution < -0.4 is 15.4 Å². The Bertz CT molecular complexity index is 543. The van der Waals surface area contributed by atoms with Gasteiger partial charge in [0.15, 0.2) is 0 Å². The Morgan fingerprint density at radius 3 is 2.95 bits per heavy atom. The Hall–Kier alpha value is -2.56. The summed E-state index contributed by atoms with van der Waals surface area (Å²) < 4.78 is 5.12. The van der Waals surface area contributed by atoms with Gasteiger partial charge in [0.25, 0.3) is 0 Å². The smallest absolute Gasteiger partial charge is 0.319 e. The highest BCUT2D eigenvalue weighted by molar-refractivity contribution is 5.88. The maximum absolute atomic E-state index is 11.7. The maximum atomic E-state index is 11.7. The van der Waals surface area contributed by atoms with Crippen LogP contribution in [0.1, 0.15) is 5.56 Å². The van der Waals surface area contributed by atoms with Gasteiger partial charge in [0.05, 0.1) is 19.0 Å². The van der Waals surface area contributed by atoms with Crippen molar-refractivity contribution in [3.05, 3.63) is 54.4 Å². The van der Waals surface area contributed by atoms with Gasteiger partial charge in [-0.15, -0.1) is 0 Å². The number of amides is 2. The minimum absolute atomic E-state index is 0.268. The number of nitrogens with one attached hydrogen (secondary N) is 2. The number of benzene rings is 1. The molecule has 0 aliphatic rings. The number of carbonyl (C=O) groups is 1. The lowest BCUT2D eigenvalue weighted by Gasteiger charge is -2.08. The second-order valence-electron chi connectivity index (χ2n) is 3.90. The number of urea groups is 1. The average Bonchev–Trinajstić information content (AvgIpc) is 2.46. The van der Waals surface area contributed by atoms with Gasteiger partial charge in [-0.2, -0.15) is 0 Å². The summed E-state index contributed by atoms with van der Waals surface area (Å²) >= 11 is 0. The molecule has 0 aliphatic heterocycles. The number of pyridine rings is 1. The summed E-state index contributed by atoms with van der Waals surface area (Å²) in [4.78, 5) is 15.6. The van der Waals surface area contributed by atoms with Crippen molar-refractivity contribution in [1.29, 1.82) is 0 Å². The van der Waals surface area contributed by atoms with Crippen LogP contribution >= 0.6 is 0 Å². The van der Waals surface area contributed by atoms with Gasteiger partial charge in [0, 0.05) is 12.7 Å². The summed E-state index contributed by atoms with van der Waals surface area (Å²) in [5.74, 6) is 0.770. The molecule has 98 valence electrons. The van der Waals surface area contributed by atoms with Crippen molar-refractivity contribution >= 4 is 11.7 Å². The normalized spacial score (nSPS) is 9.74. The van der Waals surface area contributed by atoms with Crippen LogP contribution in [-0.2, 0) is 6.54 Å². The molecular formula is C14H15N3O2. The second kappa shape index (κ2) is 6.39. The summed E-state index contributed by atoms with van der Waals surface area (Å²) in [6, 6.07) is 10.8. The van der Waals surface area contributed by atoms with Crippen LogP contribution in [0.25, 0.3) is 0 Å². The zero-order valence-electron chi connectivity index (χ0n) is 10.6. The van der Waals surface area contributed by atoms with E-state index >= 15 is 0 Å². The molecule has 2 amide bonds. The van der Waals surface area contributed by atoms with Crippen LogP contribution in [0.5, 0.6) is 5.75 Å². The molecule has 0 atom stereocenters. The van der Waals surface area contributed by atoms with Crippen LogP contribution in [0.2, 0.25) is 0 Å². The highest BCUT2D eigenvalue weighted by atomic mass is 16.5. The van der Waals surface area contributed by atoms with Gasteiger partial charge >= 0.3 is 6.03 Å². The molecule has 0 fully saturated rings. The molecule has 2 aromatic rings. The van der Waals surface area contributed by atoms with E-state index in [1.54, 1.807) is 31.6 Å². The van der Waals surface area contributed by atoms with Gasteiger partial charge in [-0.25, -0.2) is 4.79 Å². The highest BCUT2D eigenvalue weighted by Crippen LogP contribution is 2.12. The van der Waals surface area contributed by atoms with Crippen molar-refractivity contribution in [3.8, 4) is 5.75 Å². The lowest BCUT2D eigenvalue weighted by molar-refractivity contribution is 0.251. The van der Waals surface area contributed by atoms with Crippen molar-refractivity contribution in [3.63, 3.8) is 0 Å². The van der Waals surface area contributed by atoms with Crippen molar-refractivity contribution in [2.45, 2.75) is 6.54 Å². The molecule has 19 heavy (non-hydrogen) atoms. The number of ether oxygens (including phenoxy) is 1. The third-order valence-corrected chi connectivity index (χ3v) is 2.51. The lowest BCUT2D eigenvalue weighted by atomic mass is 10.2. The Balaban J connectivity index is 1.86. The molecule has 0 unspecified atom stereocenters. The number of hydrogen-bond donors (Lipinski definition) is 2. The van der Waals surface area contributed by atoms with Gasteiger partial charge in [-0.1, -0.05) is 12.1 Å². The number of aromatic nitrogens is 1. The number of methoxy groups -OCH3 is 1. The fraction of sp³-hybridized carbons (Fsp3) is 0.143. The zero-order chi connectivity index (χ0) is 13.5. The van der Waals surface area contributed by atoms with Crippen molar-refractivity contribution in [1.82, 2.24) is 10.3 Å². The van der Waals surface area contributed by atoms with Crippen LogP contribution in [0.3, 0.4) is 0 Å². The molecule has 1 aromatic heterocycles. The van der Waals surface area contributed by atoms with Gasteiger partial charge in [-0.3, -0.25) is 4.98 Å². The lowest BCUT2D eigenvalue weighted by Crippen LogP contribution is -2.28. The van der Waals surface area contributed by atoms with Crippen LogP contribution in [0.15, 0.2) is 48.8 Å². The number of rotatable bonds is 4. The summed E-state index contributed by atoms with van der Waals surface area (Å²) in [5, 5.41) is 5.46. The second-order valence-corrected chi connectivity index (χ2v) is 3.90. The van der Waals surface area contributed by atoms with Crippen LogP contribution in [-0.4, -0.2) is 18.1 Å². The van der Waals surface area contributed by atoms with Crippen molar-refractivity contribution in [2.75, 3.05) is 12.4 Å². The third-order valence-electron chi connectivity index (χ3n) is 2.51. The summed E-state index contributed by atoms with van der Waals surface area (Å²) in [5.41, 5.74) is 1.63. The van der Waals surface area contributed by atoms with E-state index in [1.165, 1.54) is 0 Å². The van der Waals surface area contributed by atoms with Crippen LogP contribution in [0, 0.1) is 0 Å². The standard InChI is InChI=1S/C14H15N3O2/c1-19-13-6-2-4-11(8-13)9-16-14(18)17-12-5-3-7-15-10-12/h2-8,10H,9H2,1H3,(H2,16,17,18). The fourth-order valence-electron chi connectivity index (χ4n) is 1.58. The average molecular weight is 257 g/mol. The maximum Gasteiger partial charge on any atom is 0.319 e. The van der Waals surface area contributed by atoms with E-state index in [9.17, 15) is 4.79 Å². The Labute approximate surface area is 111 Å². The predicted octanol–water partition coefficient (Wildman–Crippen LogP) is 2.41. The fourth-order valence-corrected chi connectivity index (χ4v) is 1.58. The largest absolute Gasteiger partial charge is 0.497 e. The minimum atomic E-state index is -0.268. The van der Waals surface area contributed by atoms with Crippen molar-refractivity contribution in [2.24, 2.45) is 0 Å². The van der Waals surface area contributed by atoms with Crippen LogP contribution in [0.4, 0.5) is 10.5 Å². The highest BCUT2D eigenvalue weighted by Gasteiger charge is 2.02. The number of nitrogens with zero attached hydrogens (tertiary/aromatic N) is 1. The van der Waals surface area contributed by atoms with E-state index in [0.29, 0.717) is 12.2 Å². The topological polar surface area (TPSA) is 63.2 Å². The van der Waals surface area contributed by atoms with Gasteiger partial charge in [-0.05, 0) is 29.8 Å². The summed E-state index contributed by atoms with van der Waals surface area (Å²) in [6.45, 7) is 0.434. The summed E-state index contributed by atoms with van der Waals surface area (Å²) in [7, 11) is 1.61. The zero-order valence-corrected chi connectivity index (χ0v) is 10.6. The molecule has 0 saturated heterocycles. The quantitative estimate of drug-likeness (QED) is 0.884. The first-order valence-electron chi connectivity index (χ1n) is 5.86. The van der Waals surface area contributed by atoms with Gasteiger partial charge in [0.2, 0.25) is 0 Å². The number of anilines is 1. The van der Waals surface area contributed by atoms with E-state index in [-0.39, 0.29) is 6.03 Å². The third kappa shape index (κ3) is 3.99. The first-order valence-corrected chi connectivity index (χ1v) is 5.86. The molecule has 2 rings (SSSR count). The number of hydrogen-bond acceptors (Lipinski definition) is 3. The van der Waals surface area contributed by atoms with Gasteiger partial charge in [0.1, 0.15) is 5.75 Å². The molecule has 1 heterocycles. The van der Waals surface area contributed by atoms with E-state index in [0.717, 1.165) is 11.3 Å². The van der Waals surface area contributed by atoms with E-state index < -0.39 is 0 Å². The molecule has 0 spiro atoms. The molecule has 0 aliphatic carbocycles. The molecule has 1 aromatic carbocycles. The Morgan fingerprint density at radius 1 is 1.32 bits per heavy atom. The molecule has 2 N–H and O–H groups in total. The summed E-state index contributed by atoms with van der Waals surface area (Å²) in [6.07, 6.45) is 3.24. The van der Waals surface area contributed by atoms with Gasteiger partial charge < -0.3 is 15.4 Å². The first kappa shape index (κ1) is 12.9. The predicted molar refractivity (Wildman–Crippen MR) is 73.1 cm³/mol.